The van der Waals surface area contributed by atoms with Gasteiger partial charge in [-0.1, -0.05) is 171 Å². The van der Waals surface area contributed by atoms with E-state index in [1.807, 2.05) is 0 Å². The summed E-state index contributed by atoms with van der Waals surface area (Å²) in [6, 6.07) is 0. The Balaban J connectivity index is 2.40. The lowest BCUT2D eigenvalue weighted by atomic mass is 10.00. The van der Waals surface area contributed by atoms with Gasteiger partial charge in [0, 0.05) is 12.8 Å². The standard InChI is InChI=1S/C53H92O12S/c1-3-5-7-9-11-13-15-17-19-20-21-22-23-24-25-26-28-29-31-33-35-37-39-41-48(54)62-43-46(44-63-53-52(58)51(57)50(56)47(65-53)45-66(59,60)61)64-49(55)42-40-38-36-34-32-30-27-18-16-14-12-10-8-6-4-2/h12,14,18,26-28,32-35,46-47,50-53,56-58H,3-11,13,15-17,19-25,29-31,36-45H2,1-2H3,(H,59,60,61)/b14-12+,27-18+,28-26+,34-32+,35-33+/t46-,47-,50-,51?,52?,53+/m1/s1. The molecule has 66 heavy (non-hydrogen) atoms. The van der Waals surface area contributed by atoms with Crippen LogP contribution in [0.5, 0.6) is 0 Å². The fourth-order valence-electron chi connectivity index (χ4n) is 7.53. The molecule has 0 aliphatic carbocycles. The van der Waals surface area contributed by atoms with Crippen molar-refractivity contribution in [3.63, 3.8) is 0 Å². The molecule has 0 amide bonds. The van der Waals surface area contributed by atoms with Crippen LogP contribution in [0.2, 0.25) is 0 Å². The van der Waals surface area contributed by atoms with Crippen molar-refractivity contribution in [1.29, 1.82) is 0 Å². The Kier molecular flexibility index (Phi) is 39.5. The molecule has 1 saturated heterocycles. The fourth-order valence-corrected chi connectivity index (χ4v) is 8.22. The summed E-state index contributed by atoms with van der Waals surface area (Å²) in [6.07, 6.45) is 44.3. The molecule has 1 aliphatic rings. The molecule has 1 fully saturated rings. The summed E-state index contributed by atoms with van der Waals surface area (Å²) >= 11 is 0. The van der Waals surface area contributed by atoms with Crippen LogP contribution in [-0.4, -0.2) is 96.0 Å². The second-order valence-corrected chi connectivity index (χ2v) is 19.3. The van der Waals surface area contributed by atoms with E-state index >= 15 is 0 Å². The highest BCUT2D eigenvalue weighted by Crippen LogP contribution is 2.24. The summed E-state index contributed by atoms with van der Waals surface area (Å²) in [5, 5.41) is 30.9. The number of hydrogen-bond donors (Lipinski definition) is 4. The van der Waals surface area contributed by atoms with E-state index in [0.717, 1.165) is 51.4 Å². The van der Waals surface area contributed by atoms with Crippen LogP contribution in [0.15, 0.2) is 60.8 Å². The van der Waals surface area contributed by atoms with Gasteiger partial charge in [0.25, 0.3) is 10.1 Å². The molecule has 0 aromatic rings. The van der Waals surface area contributed by atoms with Gasteiger partial charge in [-0.25, -0.2) is 0 Å². The SMILES string of the molecule is CCCCC/C=C/C/C=C/C/C=C/CCCCC(=O)O[C@H](COC(=O)CCC/C=C/CC/C=C/CCCCCCCCCCCCCCCC)CO[C@H]1O[C@H](CS(=O)(=O)O)[C@@H](O)C(O)C1O. The molecule has 4 N–H and O–H groups in total. The Bertz CT molecular complexity index is 1440. The summed E-state index contributed by atoms with van der Waals surface area (Å²) < 4.78 is 54.1. The van der Waals surface area contributed by atoms with Gasteiger partial charge in [-0.2, -0.15) is 8.42 Å². The summed E-state index contributed by atoms with van der Waals surface area (Å²) in [6.45, 7) is 3.68. The minimum Gasteiger partial charge on any atom is -0.462 e. The van der Waals surface area contributed by atoms with Crippen molar-refractivity contribution < 1.29 is 56.8 Å². The summed E-state index contributed by atoms with van der Waals surface area (Å²) in [7, 11) is -4.62. The summed E-state index contributed by atoms with van der Waals surface area (Å²) in [4.78, 5) is 25.5. The molecule has 382 valence electrons. The van der Waals surface area contributed by atoms with Gasteiger partial charge < -0.3 is 34.3 Å². The number of rotatable bonds is 43. The maximum atomic E-state index is 12.8. The molecule has 0 aromatic heterocycles. The third kappa shape index (κ3) is 36.4. The molecule has 1 heterocycles. The average Bonchev–Trinajstić information content (AvgIpc) is 3.28. The van der Waals surface area contributed by atoms with E-state index in [2.05, 4.69) is 74.6 Å². The highest BCUT2D eigenvalue weighted by atomic mass is 32.2. The fraction of sp³-hybridized carbons (Fsp3) is 0.774. The van der Waals surface area contributed by atoms with E-state index in [0.29, 0.717) is 19.3 Å². The van der Waals surface area contributed by atoms with Crippen molar-refractivity contribution in [2.75, 3.05) is 19.0 Å². The van der Waals surface area contributed by atoms with Crippen molar-refractivity contribution in [3.8, 4) is 0 Å². The first-order chi connectivity index (χ1) is 32.0. The highest BCUT2D eigenvalue weighted by molar-refractivity contribution is 7.85. The first-order valence-electron chi connectivity index (χ1n) is 25.8. The maximum absolute atomic E-state index is 12.8. The molecule has 12 nitrogen and oxygen atoms in total. The molecular formula is C53H92O12S. The van der Waals surface area contributed by atoms with Crippen LogP contribution in [0.4, 0.5) is 0 Å². The number of carbonyl (C=O) groups excluding carboxylic acids is 2. The third-order valence-corrected chi connectivity index (χ3v) is 12.3. The third-order valence-electron chi connectivity index (χ3n) is 11.5. The molecule has 0 bridgehead atoms. The van der Waals surface area contributed by atoms with Gasteiger partial charge in [0.2, 0.25) is 0 Å². The second kappa shape index (κ2) is 42.5. The lowest BCUT2D eigenvalue weighted by Crippen LogP contribution is -2.60. The topological polar surface area (TPSA) is 186 Å². The summed E-state index contributed by atoms with van der Waals surface area (Å²) in [5.41, 5.74) is 0. The number of aliphatic hydroxyl groups excluding tert-OH is 3. The smallest absolute Gasteiger partial charge is 0.306 e. The van der Waals surface area contributed by atoms with Crippen molar-refractivity contribution in [2.24, 2.45) is 0 Å². The monoisotopic (exact) mass is 953 g/mol. The lowest BCUT2D eigenvalue weighted by molar-refractivity contribution is -0.297. The lowest BCUT2D eigenvalue weighted by Gasteiger charge is -2.40. The van der Waals surface area contributed by atoms with Crippen LogP contribution in [0, 0.1) is 0 Å². The van der Waals surface area contributed by atoms with Gasteiger partial charge in [0.05, 0.1) is 6.61 Å². The van der Waals surface area contributed by atoms with Gasteiger partial charge in [0.1, 0.15) is 36.8 Å². The predicted octanol–water partition coefficient (Wildman–Crippen LogP) is 11.7. The minimum absolute atomic E-state index is 0.105. The van der Waals surface area contributed by atoms with Crippen LogP contribution in [0.25, 0.3) is 0 Å². The van der Waals surface area contributed by atoms with E-state index in [9.17, 15) is 37.9 Å². The van der Waals surface area contributed by atoms with Crippen molar-refractivity contribution >= 4 is 22.1 Å². The number of esters is 2. The highest BCUT2D eigenvalue weighted by Gasteiger charge is 2.46. The van der Waals surface area contributed by atoms with Crippen LogP contribution >= 0.6 is 0 Å². The zero-order valence-corrected chi connectivity index (χ0v) is 41.9. The number of hydrogen-bond acceptors (Lipinski definition) is 11. The van der Waals surface area contributed by atoms with Gasteiger partial charge in [-0.15, -0.1) is 0 Å². The van der Waals surface area contributed by atoms with E-state index < -0.39 is 71.2 Å². The predicted molar refractivity (Wildman–Crippen MR) is 265 cm³/mol. The van der Waals surface area contributed by atoms with Crippen LogP contribution < -0.4 is 0 Å². The number of ether oxygens (including phenoxy) is 4. The van der Waals surface area contributed by atoms with Gasteiger partial charge in [0.15, 0.2) is 12.4 Å². The molecule has 0 spiro atoms. The maximum Gasteiger partial charge on any atom is 0.306 e. The first-order valence-corrected chi connectivity index (χ1v) is 27.5. The number of unbranched alkanes of at least 4 members (excludes halogenated alkanes) is 21. The van der Waals surface area contributed by atoms with Gasteiger partial charge in [-0.05, 0) is 83.5 Å². The van der Waals surface area contributed by atoms with E-state index in [1.165, 1.54) is 109 Å². The number of carbonyl (C=O) groups is 2. The number of allylic oxidation sites excluding steroid dienone is 10. The van der Waals surface area contributed by atoms with Gasteiger partial charge >= 0.3 is 11.9 Å². The van der Waals surface area contributed by atoms with Crippen molar-refractivity contribution in [2.45, 2.75) is 243 Å². The quantitative estimate of drug-likeness (QED) is 0.0196. The molecule has 0 aromatic carbocycles. The Labute approximate surface area is 400 Å². The number of aliphatic hydroxyl groups is 3. The Morgan fingerprint density at radius 1 is 0.515 bits per heavy atom. The van der Waals surface area contributed by atoms with Crippen molar-refractivity contribution in [1.82, 2.24) is 0 Å². The zero-order chi connectivity index (χ0) is 48.4. The normalized spacial score (nSPS) is 19.9. The Hall–Kier alpha value is -2.65. The van der Waals surface area contributed by atoms with E-state index in [1.54, 1.807) is 0 Å². The van der Waals surface area contributed by atoms with Crippen molar-refractivity contribution in [3.05, 3.63) is 60.8 Å². The molecule has 1 aliphatic heterocycles. The molecule has 0 saturated carbocycles. The van der Waals surface area contributed by atoms with Crippen LogP contribution in [0.1, 0.15) is 206 Å². The van der Waals surface area contributed by atoms with E-state index in [4.69, 9.17) is 18.9 Å². The minimum atomic E-state index is -4.62. The van der Waals surface area contributed by atoms with E-state index in [-0.39, 0.29) is 19.4 Å². The Morgan fingerprint density at radius 2 is 0.939 bits per heavy atom. The van der Waals surface area contributed by atoms with Gasteiger partial charge in [-0.3, -0.25) is 14.1 Å². The molecule has 2 unspecified atom stereocenters. The summed E-state index contributed by atoms with van der Waals surface area (Å²) in [5.74, 6) is -2.09. The zero-order valence-electron chi connectivity index (χ0n) is 41.0. The molecule has 13 heteroatoms. The van der Waals surface area contributed by atoms with Crippen LogP contribution in [0.3, 0.4) is 0 Å². The molecule has 1 rings (SSSR count). The second-order valence-electron chi connectivity index (χ2n) is 17.8. The average molecular weight is 953 g/mol. The van der Waals surface area contributed by atoms with Crippen LogP contribution in [-0.2, 0) is 38.7 Å². The molecule has 6 atom stereocenters. The molecule has 0 radical (unpaired) electrons. The molecular weight excluding hydrogens is 861 g/mol. The Morgan fingerprint density at radius 3 is 1.48 bits per heavy atom. The largest absolute Gasteiger partial charge is 0.462 e. The first kappa shape index (κ1) is 61.4.